The number of amides is 1. The number of carbonyl (C=O) groups excluding carboxylic acids is 2. The van der Waals surface area contributed by atoms with Crippen LogP contribution in [0.5, 0.6) is 11.5 Å². The van der Waals surface area contributed by atoms with Crippen LogP contribution in [0, 0.1) is 0 Å². The van der Waals surface area contributed by atoms with Crippen molar-refractivity contribution in [1.29, 1.82) is 0 Å². The predicted octanol–water partition coefficient (Wildman–Crippen LogP) is 6.93. The van der Waals surface area contributed by atoms with E-state index >= 15 is 0 Å². The molecule has 1 unspecified atom stereocenters. The monoisotopic (exact) mass is 560 g/mol. The SMILES string of the molecule is C=CCOc1ccc(C2C(=C(O)c3cccc(OCCC)c3)C(=O)C(=O)N2c2nc3ccc(Cl)cc3s2)cc1. The van der Waals surface area contributed by atoms with Crippen LogP contribution in [0.3, 0.4) is 0 Å². The van der Waals surface area contributed by atoms with Crippen LogP contribution in [0.4, 0.5) is 5.13 Å². The molecule has 1 saturated heterocycles. The number of halogens is 1. The van der Waals surface area contributed by atoms with Gasteiger partial charge in [0.1, 0.15) is 23.9 Å². The van der Waals surface area contributed by atoms with Gasteiger partial charge in [-0.05, 0) is 54.4 Å². The van der Waals surface area contributed by atoms with Crippen molar-refractivity contribution in [2.75, 3.05) is 18.1 Å². The second-order valence-corrected chi connectivity index (χ2v) is 10.3. The molecule has 39 heavy (non-hydrogen) atoms. The zero-order valence-corrected chi connectivity index (χ0v) is 22.7. The van der Waals surface area contributed by atoms with Crippen molar-refractivity contribution in [3.63, 3.8) is 0 Å². The summed E-state index contributed by atoms with van der Waals surface area (Å²) in [7, 11) is 0. The topological polar surface area (TPSA) is 89.0 Å². The lowest BCUT2D eigenvalue weighted by molar-refractivity contribution is -0.132. The molecule has 1 fully saturated rings. The molecular formula is C30H25ClN2O5S. The minimum absolute atomic E-state index is 0.0373. The van der Waals surface area contributed by atoms with Crippen molar-refractivity contribution in [2.45, 2.75) is 19.4 Å². The molecule has 7 nitrogen and oxygen atoms in total. The molecule has 1 aliphatic rings. The summed E-state index contributed by atoms with van der Waals surface area (Å²) in [5.74, 6) is -0.720. The lowest BCUT2D eigenvalue weighted by Gasteiger charge is -2.23. The van der Waals surface area contributed by atoms with Gasteiger partial charge in [-0.25, -0.2) is 4.98 Å². The number of ether oxygens (including phenoxy) is 2. The molecule has 198 valence electrons. The molecule has 0 bridgehead atoms. The molecule has 1 N–H and O–H groups in total. The van der Waals surface area contributed by atoms with Gasteiger partial charge in [0.25, 0.3) is 5.78 Å². The van der Waals surface area contributed by atoms with E-state index < -0.39 is 17.7 Å². The fourth-order valence-electron chi connectivity index (χ4n) is 4.34. The third kappa shape index (κ3) is 5.26. The lowest BCUT2D eigenvalue weighted by atomic mass is 9.95. The first kappa shape index (κ1) is 26.5. The van der Waals surface area contributed by atoms with Crippen molar-refractivity contribution < 1.29 is 24.2 Å². The van der Waals surface area contributed by atoms with E-state index in [2.05, 4.69) is 11.6 Å². The Balaban J connectivity index is 1.65. The highest BCUT2D eigenvalue weighted by molar-refractivity contribution is 7.22. The van der Waals surface area contributed by atoms with Gasteiger partial charge in [-0.2, -0.15) is 0 Å². The van der Waals surface area contributed by atoms with Crippen molar-refractivity contribution in [2.24, 2.45) is 0 Å². The maximum atomic E-state index is 13.5. The Morgan fingerprint density at radius 2 is 1.90 bits per heavy atom. The van der Waals surface area contributed by atoms with E-state index in [9.17, 15) is 14.7 Å². The standard InChI is InChI=1S/C30H25ClN2O5S/c1-3-14-37-21-11-8-18(9-12-21)26-25(27(34)19-6-5-7-22(16-19)38-15-4-2)28(35)29(36)33(26)30-32-23-13-10-20(31)17-24(23)39-30/h3,5-13,16-17,26,34H,1,4,14-15H2,2H3. The number of rotatable bonds is 9. The van der Waals surface area contributed by atoms with Gasteiger partial charge in [0, 0.05) is 10.6 Å². The van der Waals surface area contributed by atoms with Gasteiger partial charge in [0.05, 0.1) is 28.4 Å². The molecule has 4 aromatic rings. The highest BCUT2D eigenvalue weighted by Crippen LogP contribution is 2.45. The number of thiazole rings is 1. The van der Waals surface area contributed by atoms with Crippen LogP contribution in [0.25, 0.3) is 16.0 Å². The zero-order valence-electron chi connectivity index (χ0n) is 21.1. The van der Waals surface area contributed by atoms with Gasteiger partial charge in [-0.1, -0.05) is 66.8 Å². The van der Waals surface area contributed by atoms with E-state index in [1.165, 1.54) is 16.2 Å². The summed E-state index contributed by atoms with van der Waals surface area (Å²) in [6.45, 7) is 6.50. The molecule has 0 saturated carbocycles. The predicted molar refractivity (Wildman–Crippen MR) is 154 cm³/mol. The number of carbonyl (C=O) groups is 2. The lowest BCUT2D eigenvalue weighted by Crippen LogP contribution is -2.29. The number of aromatic nitrogens is 1. The van der Waals surface area contributed by atoms with Gasteiger partial charge in [0.2, 0.25) is 0 Å². The molecule has 3 aromatic carbocycles. The quantitative estimate of drug-likeness (QED) is 0.103. The van der Waals surface area contributed by atoms with Gasteiger partial charge < -0.3 is 14.6 Å². The molecule has 1 atom stereocenters. The van der Waals surface area contributed by atoms with Gasteiger partial charge in [-0.15, -0.1) is 0 Å². The molecule has 0 spiro atoms. The van der Waals surface area contributed by atoms with Gasteiger partial charge in [-0.3, -0.25) is 14.5 Å². The summed E-state index contributed by atoms with van der Waals surface area (Å²) < 4.78 is 12.1. The summed E-state index contributed by atoms with van der Waals surface area (Å²) in [5, 5.41) is 12.3. The van der Waals surface area contributed by atoms with Crippen LogP contribution in [-0.4, -0.2) is 35.0 Å². The minimum Gasteiger partial charge on any atom is -0.507 e. The molecule has 9 heteroatoms. The first-order valence-electron chi connectivity index (χ1n) is 12.3. The van der Waals surface area contributed by atoms with Crippen molar-refractivity contribution >= 4 is 55.7 Å². The molecule has 1 aromatic heterocycles. The second-order valence-electron chi connectivity index (χ2n) is 8.82. The molecule has 5 rings (SSSR count). The number of nitrogens with zero attached hydrogens (tertiary/aromatic N) is 2. The number of anilines is 1. The maximum Gasteiger partial charge on any atom is 0.301 e. The van der Waals surface area contributed by atoms with E-state index in [1.54, 1.807) is 72.8 Å². The fraction of sp³-hybridized carbons (Fsp3) is 0.167. The van der Waals surface area contributed by atoms with Crippen molar-refractivity contribution in [1.82, 2.24) is 4.98 Å². The molecule has 0 aliphatic carbocycles. The highest BCUT2D eigenvalue weighted by Gasteiger charge is 2.48. The van der Waals surface area contributed by atoms with Crippen LogP contribution in [-0.2, 0) is 9.59 Å². The number of hydrogen-bond donors (Lipinski definition) is 1. The molecule has 1 aliphatic heterocycles. The number of Topliss-reactive ketones (excluding diaryl/α,β-unsaturated/α-hetero) is 1. The number of aliphatic hydroxyl groups is 1. The summed E-state index contributed by atoms with van der Waals surface area (Å²) in [4.78, 5) is 33.0. The van der Waals surface area contributed by atoms with Crippen LogP contribution in [0.2, 0.25) is 5.02 Å². The largest absolute Gasteiger partial charge is 0.507 e. The highest BCUT2D eigenvalue weighted by atomic mass is 35.5. The van der Waals surface area contributed by atoms with Crippen LogP contribution in [0.1, 0.15) is 30.5 Å². The van der Waals surface area contributed by atoms with E-state index in [4.69, 9.17) is 21.1 Å². The molecular weight excluding hydrogens is 536 g/mol. The Bertz CT molecular complexity index is 1590. The smallest absolute Gasteiger partial charge is 0.301 e. The van der Waals surface area contributed by atoms with E-state index in [0.717, 1.165) is 11.1 Å². The maximum absolute atomic E-state index is 13.5. The number of benzene rings is 3. The summed E-state index contributed by atoms with van der Waals surface area (Å²) in [6.07, 6.45) is 2.46. The van der Waals surface area contributed by atoms with Crippen LogP contribution in [0.15, 0.2) is 85.0 Å². The Morgan fingerprint density at radius 3 is 2.64 bits per heavy atom. The zero-order chi connectivity index (χ0) is 27.5. The first-order chi connectivity index (χ1) is 18.9. The Labute approximate surface area is 234 Å². The third-order valence-electron chi connectivity index (χ3n) is 6.13. The van der Waals surface area contributed by atoms with E-state index in [0.29, 0.717) is 51.5 Å². The second kappa shape index (κ2) is 11.3. The van der Waals surface area contributed by atoms with Crippen molar-refractivity contribution in [3.05, 3.63) is 101 Å². The molecule has 2 heterocycles. The third-order valence-corrected chi connectivity index (χ3v) is 7.39. The van der Waals surface area contributed by atoms with Crippen LogP contribution < -0.4 is 14.4 Å². The average molecular weight is 561 g/mol. The fourth-order valence-corrected chi connectivity index (χ4v) is 5.61. The summed E-state index contributed by atoms with van der Waals surface area (Å²) >= 11 is 7.41. The number of fused-ring (bicyclic) bond motifs is 1. The number of hydrogen-bond acceptors (Lipinski definition) is 7. The Morgan fingerprint density at radius 1 is 1.10 bits per heavy atom. The first-order valence-corrected chi connectivity index (χ1v) is 13.5. The van der Waals surface area contributed by atoms with Crippen LogP contribution >= 0.6 is 22.9 Å². The number of ketones is 1. The van der Waals surface area contributed by atoms with Gasteiger partial charge >= 0.3 is 5.91 Å². The Hall–Kier alpha value is -4.14. The van der Waals surface area contributed by atoms with Gasteiger partial charge in [0.15, 0.2) is 5.13 Å². The molecule has 0 radical (unpaired) electrons. The minimum atomic E-state index is -0.922. The normalized spacial score (nSPS) is 16.6. The Kier molecular flexibility index (Phi) is 7.67. The van der Waals surface area contributed by atoms with Crippen molar-refractivity contribution in [3.8, 4) is 11.5 Å². The molecule has 1 amide bonds. The summed E-state index contributed by atoms with van der Waals surface area (Å²) in [5.41, 5.74) is 1.59. The average Bonchev–Trinajstić information content (AvgIpc) is 3.48. The number of aliphatic hydroxyl groups excluding tert-OH is 1. The summed E-state index contributed by atoms with van der Waals surface area (Å²) in [6, 6.07) is 18.2. The van der Waals surface area contributed by atoms with E-state index in [1.807, 2.05) is 6.92 Å². The van der Waals surface area contributed by atoms with E-state index in [-0.39, 0.29) is 11.3 Å².